The highest BCUT2D eigenvalue weighted by Gasteiger charge is 2.24. The summed E-state index contributed by atoms with van der Waals surface area (Å²) in [6.45, 7) is 6.23. The number of nitrogens with zero attached hydrogens (tertiary/aromatic N) is 1. The van der Waals surface area contributed by atoms with Crippen LogP contribution in [-0.4, -0.2) is 49.6 Å². The number of hydrogen-bond donors (Lipinski definition) is 3. The SMILES string of the molecule is CCOC(=O)C(Nc1ccc(C(=N)N)cc1)c1cc(CC)cc(OC2CCN(C)CC2)c1.Cl. The van der Waals surface area contributed by atoms with E-state index in [1.165, 1.54) is 0 Å². The van der Waals surface area contributed by atoms with Crippen LogP contribution in [0.5, 0.6) is 5.75 Å². The van der Waals surface area contributed by atoms with Crippen molar-refractivity contribution in [3.05, 3.63) is 59.2 Å². The Morgan fingerprint density at radius 3 is 2.42 bits per heavy atom. The number of aryl methyl sites for hydroxylation is 1. The lowest BCUT2D eigenvalue weighted by molar-refractivity contribution is -0.144. The van der Waals surface area contributed by atoms with E-state index in [2.05, 4.69) is 30.3 Å². The van der Waals surface area contributed by atoms with Crippen molar-refractivity contribution in [3.63, 3.8) is 0 Å². The Hall–Kier alpha value is -2.77. The highest BCUT2D eigenvalue weighted by atomic mass is 35.5. The highest BCUT2D eigenvalue weighted by molar-refractivity contribution is 5.95. The van der Waals surface area contributed by atoms with Crippen LogP contribution >= 0.6 is 12.4 Å². The van der Waals surface area contributed by atoms with Gasteiger partial charge in [0.25, 0.3) is 0 Å². The molecule has 1 fully saturated rings. The fraction of sp³-hybridized carbons (Fsp3) is 0.440. The van der Waals surface area contributed by atoms with Gasteiger partial charge in [0.2, 0.25) is 0 Å². The van der Waals surface area contributed by atoms with Gasteiger partial charge in [-0.2, -0.15) is 0 Å². The molecule has 1 heterocycles. The minimum Gasteiger partial charge on any atom is -0.490 e. The smallest absolute Gasteiger partial charge is 0.333 e. The molecule has 1 saturated heterocycles. The van der Waals surface area contributed by atoms with E-state index in [0.717, 1.165) is 54.9 Å². The van der Waals surface area contributed by atoms with Crippen molar-refractivity contribution in [1.29, 1.82) is 5.41 Å². The molecule has 2 aromatic rings. The van der Waals surface area contributed by atoms with Gasteiger partial charge in [-0.25, -0.2) is 4.79 Å². The predicted octanol–water partition coefficient (Wildman–Crippen LogP) is 4.14. The molecule has 1 aliphatic heterocycles. The summed E-state index contributed by atoms with van der Waals surface area (Å²) < 4.78 is 11.7. The summed E-state index contributed by atoms with van der Waals surface area (Å²) in [5.41, 5.74) is 8.83. The number of nitrogen functional groups attached to an aromatic ring is 1. The number of esters is 1. The summed E-state index contributed by atoms with van der Waals surface area (Å²) in [6.07, 6.45) is 2.99. The molecule has 2 aromatic carbocycles. The molecule has 1 unspecified atom stereocenters. The Balaban J connectivity index is 0.00000385. The number of likely N-dealkylation sites (tertiary alicyclic amines) is 1. The summed E-state index contributed by atoms with van der Waals surface area (Å²) in [5, 5.41) is 10.8. The number of halogens is 1. The molecule has 3 rings (SSSR count). The lowest BCUT2D eigenvalue weighted by Gasteiger charge is -2.29. The Bertz CT molecular complexity index is 928. The summed E-state index contributed by atoms with van der Waals surface area (Å²) in [6, 6.07) is 12.5. The molecule has 8 heteroatoms. The molecule has 1 atom stereocenters. The number of amidine groups is 1. The second kappa shape index (κ2) is 12.5. The molecule has 0 amide bonds. The van der Waals surface area contributed by atoms with Gasteiger partial charge < -0.3 is 25.4 Å². The first-order chi connectivity index (χ1) is 15.4. The van der Waals surface area contributed by atoms with Crippen molar-refractivity contribution in [3.8, 4) is 5.75 Å². The first-order valence-electron chi connectivity index (χ1n) is 11.3. The number of nitrogens with one attached hydrogen (secondary N) is 2. The molecular formula is C25H35ClN4O3. The molecule has 1 aliphatic rings. The van der Waals surface area contributed by atoms with Crippen LogP contribution in [0.4, 0.5) is 5.69 Å². The predicted molar refractivity (Wildman–Crippen MR) is 135 cm³/mol. The van der Waals surface area contributed by atoms with E-state index in [1.807, 2.05) is 24.3 Å². The number of nitrogens with two attached hydrogens (primary N) is 1. The maximum absolute atomic E-state index is 12.9. The normalized spacial score (nSPS) is 15.2. The van der Waals surface area contributed by atoms with E-state index in [1.54, 1.807) is 19.1 Å². The van der Waals surface area contributed by atoms with Crippen molar-refractivity contribution in [1.82, 2.24) is 4.90 Å². The Morgan fingerprint density at radius 1 is 1.18 bits per heavy atom. The molecule has 7 nitrogen and oxygen atoms in total. The highest BCUT2D eigenvalue weighted by Crippen LogP contribution is 2.28. The number of benzene rings is 2. The van der Waals surface area contributed by atoms with E-state index in [4.69, 9.17) is 20.6 Å². The van der Waals surface area contributed by atoms with Crippen LogP contribution in [0.15, 0.2) is 42.5 Å². The van der Waals surface area contributed by atoms with Crippen LogP contribution in [0.25, 0.3) is 0 Å². The first-order valence-corrected chi connectivity index (χ1v) is 11.3. The maximum Gasteiger partial charge on any atom is 0.333 e. The molecule has 4 N–H and O–H groups in total. The number of carbonyl (C=O) groups excluding carboxylic acids is 1. The fourth-order valence-corrected chi connectivity index (χ4v) is 3.84. The van der Waals surface area contributed by atoms with Crippen LogP contribution in [-0.2, 0) is 16.0 Å². The van der Waals surface area contributed by atoms with Crippen LogP contribution in [0.1, 0.15) is 49.4 Å². The van der Waals surface area contributed by atoms with Crippen LogP contribution in [0, 0.1) is 5.41 Å². The van der Waals surface area contributed by atoms with Gasteiger partial charge in [-0.1, -0.05) is 13.0 Å². The van der Waals surface area contributed by atoms with Crippen molar-refractivity contribution in [2.75, 3.05) is 32.1 Å². The number of piperidine rings is 1. The van der Waals surface area contributed by atoms with E-state index in [9.17, 15) is 4.79 Å². The Kier molecular flexibility index (Phi) is 10.0. The van der Waals surface area contributed by atoms with E-state index in [0.29, 0.717) is 12.2 Å². The topological polar surface area (TPSA) is 101 Å². The molecule has 0 spiro atoms. The zero-order chi connectivity index (χ0) is 23.1. The number of ether oxygens (including phenoxy) is 2. The van der Waals surface area contributed by atoms with Gasteiger partial charge in [-0.3, -0.25) is 5.41 Å². The van der Waals surface area contributed by atoms with Gasteiger partial charge in [-0.15, -0.1) is 12.4 Å². The lowest BCUT2D eigenvalue weighted by Crippen LogP contribution is -2.35. The molecule has 0 saturated carbocycles. The van der Waals surface area contributed by atoms with Crippen molar-refractivity contribution in [2.45, 2.75) is 45.3 Å². The van der Waals surface area contributed by atoms with Gasteiger partial charge >= 0.3 is 5.97 Å². The van der Waals surface area contributed by atoms with E-state index < -0.39 is 6.04 Å². The number of hydrogen-bond acceptors (Lipinski definition) is 6. The zero-order valence-electron chi connectivity index (χ0n) is 19.6. The average Bonchev–Trinajstić information content (AvgIpc) is 2.79. The molecule has 0 bridgehead atoms. The van der Waals surface area contributed by atoms with Gasteiger partial charge in [0.15, 0.2) is 6.04 Å². The van der Waals surface area contributed by atoms with Gasteiger partial charge in [0.05, 0.1) is 6.61 Å². The van der Waals surface area contributed by atoms with E-state index >= 15 is 0 Å². The monoisotopic (exact) mass is 474 g/mol. The van der Waals surface area contributed by atoms with Gasteiger partial charge in [-0.05, 0) is 80.8 Å². The molecule has 0 radical (unpaired) electrons. The molecular weight excluding hydrogens is 440 g/mol. The Morgan fingerprint density at radius 2 is 1.85 bits per heavy atom. The lowest BCUT2D eigenvalue weighted by atomic mass is 10.0. The maximum atomic E-state index is 12.9. The third-order valence-corrected chi connectivity index (χ3v) is 5.73. The van der Waals surface area contributed by atoms with Gasteiger partial charge in [0.1, 0.15) is 17.7 Å². The van der Waals surface area contributed by atoms with E-state index in [-0.39, 0.29) is 30.3 Å². The Labute approximate surface area is 202 Å². The molecule has 0 aliphatic carbocycles. The molecule has 180 valence electrons. The third-order valence-electron chi connectivity index (χ3n) is 5.73. The number of rotatable bonds is 9. The largest absolute Gasteiger partial charge is 0.490 e. The third kappa shape index (κ3) is 7.37. The second-order valence-corrected chi connectivity index (χ2v) is 8.20. The molecule has 0 aromatic heterocycles. The number of carbonyl (C=O) groups is 1. The molecule has 33 heavy (non-hydrogen) atoms. The van der Waals surface area contributed by atoms with Crippen LogP contribution in [0.3, 0.4) is 0 Å². The summed E-state index contributed by atoms with van der Waals surface area (Å²) >= 11 is 0. The second-order valence-electron chi connectivity index (χ2n) is 8.20. The zero-order valence-corrected chi connectivity index (χ0v) is 20.4. The van der Waals surface area contributed by atoms with Crippen molar-refractivity contribution < 1.29 is 14.3 Å². The standard InChI is InChI=1S/C25H34N4O3.ClH/c1-4-17-14-19(16-22(15-17)32-21-10-12-29(3)13-11-21)23(25(30)31-5-2)28-20-8-6-18(7-9-20)24(26)27;/h6-9,14-16,21,23,28H,4-5,10-13H2,1-3H3,(H3,26,27);1H. The van der Waals surface area contributed by atoms with Crippen molar-refractivity contribution >= 4 is 29.9 Å². The van der Waals surface area contributed by atoms with Gasteiger partial charge in [0, 0.05) is 24.3 Å². The minimum atomic E-state index is -0.676. The number of anilines is 1. The average molecular weight is 475 g/mol. The summed E-state index contributed by atoms with van der Waals surface area (Å²) in [5.74, 6) is 0.448. The summed E-state index contributed by atoms with van der Waals surface area (Å²) in [4.78, 5) is 15.2. The first kappa shape index (κ1) is 26.5. The summed E-state index contributed by atoms with van der Waals surface area (Å²) in [7, 11) is 2.13. The van der Waals surface area contributed by atoms with Crippen LogP contribution in [0.2, 0.25) is 0 Å². The van der Waals surface area contributed by atoms with Crippen LogP contribution < -0.4 is 15.8 Å². The quantitative estimate of drug-likeness (QED) is 0.287. The fourth-order valence-electron chi connectivity index (χ4n) is 3.84. The minimum absolute atomic E-state index is 0. The van der Waals surface area contributed by atoms with Crippen molar-refractivity contribution in [2.24, 2.45) is 5.73 Å².